The molecule has 17 heteroatoms. The summed E-state index contributed by atoms with van der Waals surface area (Å²) in [6, 6.07) is 2.98. The third-order valence-electron chi connectivity index (χ3n) is 10.9. The Morgan fingerprint density at radius 3 is 2.70 bits per heavy atom. The minimum Gasteiger partial charge on any atom is -0.496 e. The highest BCUT2D eigenvalue weighted by Crippen LogP contribution is 2.46. The van der Waals surface area contributed by atoms with Crippen molar-refractivity contribution in [2.75, 3.05) is 33.4 Å². The van der Waals surface area contributed by atoms with Crippen LogP contribution in [0.15, 0.2) is 55.3 Å². The highest BCUT2D eigenvalue weighted by atomic mass is 32.2. The standard InChI is InChI=1S/C39H46N6O10S/c1-3-33(46)44-16-8-4-7-11-26-21-39(26,37(49)43-56(51,52)28-12-13-28)42-34(47)31-20-27-22-45(31)36(48)30(23-44)41-38(50)54-17-9-5-6-10-25-18-29-24(19-32(25)53-2)14-15-40-35(29)55-27/h3,6-7,10-11,14-15,18-19,26-28,30-31H,1,4-5,8-9,12-13,16-17,20-23H2,2H3,(H,41,50)(H,42,47)(H,43,49)/b10-6+,11-7-/t26-,27+,30-,31-,39+/m0/s1. The van der Waals surface area contributed by atoms with E-state index in [4.69, 9.17) is 14.2 Å². The molecule has 298 valence electrons. The number of amides is 5. The molecule has 2 aromatic rings. The number of carbonyl (C=O) groups is 5. The van der Waals surface area contributed by atoms with E-state index >= 15 is 0 Å². The third kappa shape index (κ3) is 8.22. The molecular formula is C39H46N6O10S. The van der Waals surface area contributed by atoms with Gasteiger partial charge >= 0.3 is 6.09 Å². The number of aromatic nitrogens is 1. The monoisotopic (exact) mass is 790 g/mol. The summed E-state index contributed by atoms with van der Waals surface area (Å²) in [5.74, 6) is -2.34. The van der Waals surface area contributed by atoms with Crippen molar-refractivity contribution in [1.82, 2.24) is 30.1 Å². The average molecular weight is 791 g/mol. The molecule has 1 aromatic heterocycles. The van der Waals surface area contributed by atoms with Crippen LogP contribution in [-0.4, -0.2) is 115 Å². The van der Waals surface area contributed by atoms with Gasteiger partial charge in [0, 0.05) is 36.0 Å². The summed E-state index contributed by atoms with van der Waals surface area (Å²) in [5.41, 5.74) is -0.824. The largest absolute Gasteiger partial charge is 0.496 e. The highest BCUT2D eigenvalue weighted by Gasteiger charge is 2.62. The molecule has 1 saturated heterocycles. The molecule has 2 saturated carbocycles. The molecule has 0 radical (unpaired) electrons. The van der Waals surface area contributed by atoms with Gasteiger partial charge in [0.25, 0.3) is 5.91 Å². The first-order valence-corrected chi connectivity index (χ1v) is 20.5. The topological polar surface area (TPSA) is 203 Å². The van der Waals surface area contributed by atoms with Gasteiger partial charge in [-0.2, -0.15) is 0 Å². The van der Waals surface area contributed by atoms with Gasteiger partial charge in [0.1, 0.15) is 29.5 Å². The van der Waals surface area contributed by atoms with Gasteiger partial charge < -0.3 is 34.6 Å². The molecule has 3 N–H and O–H groups in total. The number of ether oxygens (including phenoxy) is 3. The molecule has 5 atom stereocenters. The van der Waals surface area contributed by atoms with Gasteiger partial charge in [0.15, 0.2) is 0 Å². The summed E-state index contributed by atoms with van der Waals surface area (Å²) >= 11 is 0. The first-order chi connectivity index (χ1) is 26.9. The number of sulfonamides is 1. The van der Waals surface area contributed by atoms with Crippen molar-refractivity contribution < 1.29 is 46.6 Å². The Morgan fingerprint density at radius 2 is 1.93 bits per heavy atom. The second-order valence-corrected chi connectivity index (χ2v) is 16.8. The Hall–Kier alpha value is -5.45. The number of alkyl carbamates (subject to hydrolysis) is 1. The van der Waals surface area contributed by atoms with Crippen LogP contribution in [-0.2, 0) is 33.9 Å². The fourth-order valence-electron chi connectivity index (χ4n) is 7.54. The Kier molecular flexibility index (Phi) is 11.1. The lowest BCUT2D eigenvalue weighted by Crippen LogP contribution is -2.60. The van der Waals surface area contributed by atoms with Crippen molar-refractivity contribution >= 4 is 56.6 Å². The second-order valence-electron chi connectivity index (χ2n) is 14.8. The molecule has 16 nitrogen and oxygen atoms in total. The molecule has 1 aromatic carbocycles. The number of hydrogen-bond acceptors (Lipinski definition) is 11. The number of methoxy groups -OCH3 is 1. The van der Waals surface area contributed by atoms with Crippen LogP contribution in [0, 0.1) is 5.92 Å². The smallest absolute Gasteiger partial charge is 0.407 e. The van der Waals surface area contributed by atoms with Crippen molar-refractivity contribution in [1.29, 1.82) is 0 Å². The number of fused-ring (bicyclic) bond motifs is 4. The van der Waals surface area contributed by atoms with E-state index in [1.165, 1.54) is 9.80 Å². The number of benzene rings is 1. The zero-order valence-corrected chi connectivity index (χ0v) is 31.9. The van der Waals surface area contributed by atoms with Crippen molar-refractivity contribution in [2.24, 2.45) is 5.92 Å². The Labute approximate surface area is 324 Å². The van der Waals surface area contributed by atoms with Crippen LogP contribution >= 0.6 is 0 Å². The molecule has 5 bridgehead atoms. The number of cyclic esters (lactones) is 1. The summed E-state index contributed by atoms with van der Waals surface area (Å²) in [5, 5.41) is 6.25. The van der Waals surface area contributed by atoms with Gasteiger partial charge in [-0.05, 0) is 74.6 Å². The summed E-state index contributed by atoms with van der Waals surface area (Å²) in [6.45, 7) is 3.48. The molecule has 2 aliphatic carbocycles. The van der Waals surface area contributed by atoms with Crippen LogP contribution in [0.25, 0.3) is 16.8 Å². The molecule has 4 heterocycles. The molecule has 0 unspecified atom stereocenters. The molecule has 0 spiro atoms. The van der Waals surface area contributed by atoms with Crippen LogP contribution < -0.4 is 24.8 Å². The van der Waals surface area contributed by atoms with Crippen LogP contribution in [0.2, 0.25) is 0 Å². The van der Waals surface area contributed by atoms with Gasteiger partial charge in [-0.25, -0.2) is 18.2 Å². The number of allylic oxidation sites excluding steroid dienone is 2. The Morgan fingerprint density at radius 1 is 1.12 bits per heavy atom. The van der Waals surface area contributed by atoms with Crippen molar-refractivity contribution in [3.63, 3.8) is 0 Å². The van der Waals surface area contributed by atoms with Crippen LogP contribution in [0.1, 0.15) is 56.9 Å². The zero-order valence-electron chi connectivity index (χ0n) is 31.1. The summed E-state index contributed by atoms with van der Waals surface area (Å²) in [7, 11) is -2.37. The first kappa shape index (κ1) is 38.8. The lowest BCUT2D eigenvalue weighted by atomic mass is 10.1. The lowest BCUT2D eigenvalue weighted by Gasteiger charge is -2.32. The highest BCUT2D eigenvalue weighted by molar-refractivity contribution is 7.91. The lowest BCUT2D eigenvalue weighted by molar-refractivity contribution is -0.142. The van der Waals surface area contributed by atoms with Crippen LogP contribution in [0.4, 0.5) is 4.79 Å². The number of nitrogens with zero attached hydrogens (tertiary/aromatic N) is 3. The molecule has 7 rings (SSSR count). The molecule has 3 fully saturated rings. The maximum Gasteiger partial charge on any atom is 0.407 e. The molecular weight excluding hydrogens is 745 g/mol. The van der Waals surface area contributed by atoms with Gasteiger partial charge in [0.2, 0.25) is 33.6 Å². The normalized spacial score (nSPS) is 28.5. The van der Waals surface area contributed by atoms with E-state index < -0.39 is 74.6 Å². The second kappa shape index (κ2) is 16.0. The molecule has 3 aliphatic heterocycles. The van der Waals surface area contributed by atoms with E-state index in [9.17, 15) is 32.4 Å². The van der Waals surface area contributed by atoms with Gasteiger partial charge in [-0.1, -0.05) is 30.9 Å². The summed E-state index contributed by atoms with van der Waals surface area (Å²) in [4.78, 5) is 76.4. The number of nitrogens with one attached hydrogen (secondary N) is 3. The van der Waals surface area contributed by atoms with Crippen molar-refractivity contribution in [3.05, 3.63) is 60.8 Å². The fourth-order valence-corrected chi connectivity index (χ4v) is 8.90. The number of pyridine rings is 1. The molecule has 5 amide bonds. The Balaban J connectivity index is 1.28. The van der Waals surface area contributed by atoms with E-state index in [1.807, 2.05) is 36.4 Å². The van der Waals surface area contributed by atoms with Gasteiger partial charge in [0.05, 0.1) is 32.1 Å². The van der Waals surface area contributed by atoms with E-state index in [-0.39, 0.29) is 45.0 Å². The average Bonchev–Trinajstić information content (AvgIpc) is 4.10. The third-order valence-corrected chi connectivity index (χ3v) is 12.7. The van der Waals surface area contributed by atoms with E-state index in [0.29, 0.717) is 49.7 Å². The van der Waals surface area contributed by atoms with Crippen molar-refractivity contribution in [2.45, 2.75) is 80.3 Å². The van der Waals surface area contributed by atoms with Crippen molar-refractivity contribution in [3.8, 4) is 11.6 Å². The number of carbonyl (C=O) groups excluding carboxylic acids is 5. The van der Waals surface area contributed by atoms with E-state index in [1.54, 1.807) is 19.4 Å². The maximum absolute atomic E-state index is 14.7. The van der Waals surface area contributed by atoms with Crippen LogP contribution in [0.5, 0.6) is 11.6 Å². The maximum atomic E-state index is 14.7. The SMILES string of the molecule is C=CC(=O)N1CCC/C=C\[C@H]2C[C@@]2(C(=O)NS(=O)(=O)C2CC2)NC(=O)[C@@H]2C[C@@H]3CN2C(=O)[C@H](C1)NC(=O)OCCC/C=C/c1cc2c(nccc2cc1OC)O3. The zero-order chi connectivity index (χ0) is 39.6. The van der Waals surface area contributed by atoms with E-state index in [2.05, 4.69) is 26.9 Å². The Bertz CT molecular complexity index is 2100. The quantitative estimate of drug-likeness (QED) is 0.297. The van der Waals surface area contributed by atoms with Gasteiger partial charge in [-0.3, -0.25) is 23.9 Å². The predicted octanol–water partition coefficient (Wildman–Crippen LogP) is 2.34. The minimum atomic E-state index is -3.94. The summed E-state index contributed by atoms with van der Waals surface area (Å²) < 4.78 is 45.5. The number of hydrogen-bond donors (Lipinski definition) is 3. The van der Waals surface area contributed by atoms with Crippen LogP contribution in [0.3, 0.4) is 0 Å². The first-order valence-electron chi connectivity index (χ1n) is 18.9. The van der Waals surface area contributed by atoms with Gasteiger partial charge in [-0.15, -0.1) is 0 Å². The summed E-state index contributed by atoms with van der Waals surface area (Å²) in [6.07, 6.45) is 11.4. The molecule has 5 aliphatic rings. The van der Waals surface area contributed by atoms with E-state index in [0.717, 1.165) is 17.0 Å². The minimum absolute atomic E-state index is 0.0358. The predicted molar refractivity (Wildman–Crippen MR) is 204 cm³/mol. The fraction of sp³-hybridized carbons (Fsp3) is 0.487. The number of rotatable bonds is 5. The molecule has 56 heavy (non-hydrogen) atoms.